The molecule has 4 heteroatoms. The van der Waals surface area contributed by atoms with E-state index in [0.717, 1.165) is 30.8 Å². The minimum Gasteiger partial charge on any atom is -0.305 e. The molecule has 1 aromatic carbocycles. The maximum atomic E-state index is 13.6. The molecule has 1 atom stereocenters. The molecule has 1 heterocycles. The third-order valence-corrected chi connectivity index (χ3v) is 3.53. The van der Waals surface area contributed by atoms with E-state index in [0.29, 0.717) is 5.56 Å². The molecule has 0 aliphatic carbocycles. The van der Waals surface area contributed by atoms with E-state index in [4.69, 9.17) is 0 Å². The summed E-state index contributed by atoms with van der Waals surface area (Å²) in [6, 6.07) is 7.53. The SMILES string of the molecule is CCCn1nccc1CNC(C)c1ccc(C)c(F)c1. The maximum Gasteiger partial charge on any atom is 0.126 e. The Morgan fingerprint density at radius 2 is 2.15 bits per heavy atom. The number of aryl methyl sites for hydroxylation is 2. The van der Waals surface area contributed by atoms with Crippen molar-refractivity contribution in [2.24, 2.45) is 0 Å². The van der Waals surface area contributed by atoms with Gasteiger partial charge in [-0.05, 0) is 43.5 Å². The van der Waals surface area contributed by atoms with Crippen LogP contribution in [0.5, 0.6) is 0 Å². The highest BCUT2D eigenvalue weighted by molar-refractivity contribution is 5.25. The largest absolute Gasteiger partial charge is 0.305 e. The molecule has 2 aromatic rings. The average Bonchev–Trinajstić information content (AvgIpc) is 2.87. The highest BCUT2D eigenvalue weighted by Crippen LogP contribution is 2.16. The monoisotopic (exact) mass is 275 g/mol. The summed E-state index contributed by atoms with van der Waals surface area (Å²) in [4.78, 5) is 0. The normalized spacial score (nSPS) is 12.6. The zero-order valence-electron chi connectivity index (χ0n) is 12.4. The molecule has 1 aromatic heterocycles. The molecule has 0 amide bonds. The van der Waals surface area contributed by atoms with Crippen molar-refractivity contribution in [2.75, 3.05) is 0 Å². The number of nitrogens with one attached hydrogen (secondary N) is 1. The lowest BCUT2D eigenvalue weighted by atomic mass is 10.1. The van der Waals surface area contributed by atoms with E-state index in [1.165, 1.54) is 0 Å². The van der Waals surface area contributed by atoms with Crippen molar-refractivity contribution in [3.63, 3.8) is 0 Å². The lowest BCUT2D eigenvalue weighted by Gasteiger charge is -2.15. The standard InChI is InChI=1S/C16H22FN3/c1-4-9-20-15(7-8-19-20)11-18-13(3)14-6-5-12(2)16(17)10-14/h5-8,10,13,18H,4,9,11H2,1-3H3. The third kappa shape index (κ3) is 3.45. The van der Waals surface area contributed by atoms with Gasteiger partial charge in [-0.1, -0.05) is 19.1 Å². The molecule has 0 radical (unpaired) electrons. The quantitative estimate of drug-likeness (QED) is 0.873. The number of nitrogens with zero attached hydrogens (tertiary/aromatic N) is 2. The zero-order valence-corrected chi connectivity index (χ0v) is 12.4. The van der Waals surface area contributed by atoms with Crippen molar-refractivity contribution in [1.29, 1.82) is 0 Å². The number of benzene rings is 1. The van der Waals surface area contributed by atoms with Crippen molar-refractivity contribution in [3.8, 4) is 0 Å². The van der Waals surface area contributed by atoms with Gasteiger partial charge in [0.05, 0.1) is 5.69 Å². The molecule has 0 spiro atoms. The maximum absolute atomic E-state index is 13.6. The van der Waals surface area contributed by atoms with Gasteiger partial charge < -0.3 is 5.32 Å². The highest BCUT2D eigenvalue weighted by Gasteiger charge is 2.09. The van der Waals surface area contributed by atoms with Crippen LogP contribution in [-0.4, -0.2) is 9.78 Å². The minimum atomic E-state index is -0.146. The van der Waals surface area contributed by atoms with Crippen molar-refractivity contribution in [2.45, 2.75) is 46.3 Å². The Balaban J connectivity index is 1.99. The van der Waals surface area contributed by atoms with E-state index >= 15 is 0 Å². The predicted molar refractivity (Wildman–Crippen MR) is 78.9 cm³/mol. The smallest absolute Gasteiger partial charge is 0.126 e. The Labute approximate surface area is 119 Å². The Morgan fingerprint density at radius 1 is 1.35 bits per heavy atom. The van der Waals surface area contributed by atoms with E-state index in [1.54, 1.807) is 13.0 Å². The fourth-order valence-corrected chi connectivity index (χ4v) is 2.18. The first-order valence-corrected chi connectivity index (χ1v) is 7.12. The summed E-state index contributed by atoms with van der Waals surface area (Å²) in [5.41, 5.74) is 2.81. The van der Waals surface area contributed by atoms with E-state index in [1.807, 2.05) is 36.0 Å². The summed E-state index contributed by atoms with van der Waals surface area (Å²) in [6.07, 6.45) is 2.89. The number of aromatic nitrogens is 2. The topological polar surface area (TPSA) is 29.9 Å². The Morgan fingerprint density at radius 3 is 2.85 bits per heavy atom. The van der Waals surface area contributed by atoms with Gasteiger partial charge in [0.2, 0.25) is 0 Å². The highest BCUT2D eigenvalue weighted by atomic mass is 19.1. The van der Waals surface area contributed by atoms with Crippen LogP contribution in [0.2, 0.25) is 0 Å². The molecule has 1 unspecified atom stereocenters. The molecule has 3 nitrogen and oxygen atoms in total. The van der Waals surface area contributed by atoms with E-state index < -0.39 is 0 Å². The predicted octanol–water partition coefficient (Wildman–Crippen LogP) is 3.59. The van der Waals surface area contributed by atoms with Gasteiger partial charge in [-0.25, -0.2) is 4.39 Å². The number of hydrogen-bond acceptors (Lipinski definition) is 2. The first-order chi connectivity index (χ1) is 9.61. The second-order valence-electron chi connectivity index (χ2n) is 5.16. The van der Waals surface area contributed by atoms with Crippen molar-refractivity contribution in [3.05, 3.63) is 53.1 Å². The van der Waals surface area contributed by atoms with Gasteiger partial charge in [0.25, 0.3) is 0 Å². The van der Waals surface area contributed by atoms with E-state index in [-0.39, 0.29) is 11.9 Å². The first kappa shape index (κ1) is 14.7. The molecule has 0 saturated carbocycles. The molecule has 0 fully saturated rings. The van der Waals surface area contributed by atoms with Crippen LogP contribution in [0, 0.1) is 12.7 Å². The Bertz CT molecular complexity index is 563. The summed E-state index contributed by atoms with van der Waals surface area (Å²) in [6.45, 7) is 7.62. The lowest BCUT2D eigenvalue weighted by molar-refractivity contribution is 0.514. The molecule has 0 bridgehead atoms. The van der Waals surface area contributed by atoms with Crippen LogP contribution in [0.4, 0.5) is 4.39 Å². The second-order valence-corrected chi connectivity index (χ2v) is 5.16. The second kappa shape index (κ2) is 6.66. The van der Waals surface area contributed by atoms with Crippen molar-refractivity contribution < 1.29 is 4.39 Å². The number of rotatable bonds is 6. The van der Waals surface area contributed by atoms with Gasteiger partial charge in [-0.15, -0.1) is 0 Å². The first-order valence-electron chi connectivity index (χ1n) is 7.12. The van der Waals surface area contributed by atoms with Gasteiger partial charge in [0, 0.05) is 25.3 Å². The van der Waals surface area contributed by atoms with Gasteiger partial charge in [0.1, 0.15) is 5.82 Å². The van der Waals surface area contributed by atoms with Crippen LogP contribution in [-0.2, 0) is 13.1 Å². The molecule has 20 heavy (non-hydrogen) atoms. The molecule has 0 saturated heterocycles. The van der Waals surface area contributed by atoms with Crippen LogP contribution in [0.15, 0.2) is 30.5 Å². The molecule has 2 rings (SSSR count). The van der Waals surface area contributed by atoms with Crippen molar-refractivity contribution in [1.82, 2.24) is 15.1 Å². The molecular formula is C16H22FN3. The number of halogens is 1. The van der Waals surface area contributed by atoms with Crippen LogP contribution in [0.1, 0.15) is 43.1 Å². The molecule has 0 aliphatic rings. The number of hydrogen-bond donors (Lipinski definition) is 1. The van der Waals surface area contributed by atoms with Crippen LogP contribution >= 0.6 is 0 Å². The van der Waals surface area contributed by atoms with Gasteiger partial charge in [-0.3, -0.25) is 4.68 Å². The van der Waals surface area contributed by atoms with Crippen LogP contribution < -0.4 is 5.32 Å². The summed E-state index contributed by atoms with van der Waals surface area (Å²) >= 11 is 0. The lowest BCUT2D eigenvalue weighted by Crippen LogP contribution is -2.20. The Hall–Kier alpha value is -1.68. The molecule has 0 aliphatic heterocycles. The van der Waals surface area contributed by atoms with Crippen LogP contribution in [0.3, 0.4) is 0 Å². The zero-order chi connectivity index (χ0) is 14.5. The summed E-state index contributed by atoms with van der Waals surface area (Å²) in [7, 11) is 0. The van der Waals surface area contributed by atoms with Crippen LogP contribution in [0.25, 0.3) is 0 Å². The van der Waals surface area contributed by atoms with E-state index in [2.05, 4.69) is 17.3 Å². The van der Waals surface area contributed by atoms with E-state index in [9.17, 15) is 4.39 Å². The summed E-state index contributed by atoms with van der Waals surface area (Å²) < 4.78 is 15.6. The molecule has 1 N–H and O–H groups in total. The Kier molecular flexibility index (Phi) is 4.90. The summed E-state index contributed by atoms with van der Waals surface area (Å²) in [5, 5.41) is 7.72. The molecule has 108 valence electrons. The van der Waals surface area contributed by atoms with Crippen molar-refractivity contribution >= 4 is 0 Å². The fourth-order valence-electron chi connectivity index (χ4n) is 2.18. The minimum absolute atomic E-state index is 0.107. The molecular weight excluding hydrogens is 253 g/mol. The van der Waals surface area contributed by atoms with Gasteiger partial charge in [-0.2, -0.15) is 5.10 Å². The van der Waals surface area contributed by atoms with Gasteiger partial charge in [0.15, 0.2) is 0 Å². The summed E-state index contributed by atoms with van der Waals surface area (Å²) in [5.74, 6) is -0.146. The average molecular weight is 275 g/mol. The third-order valence-electron chi connectivity index (χ3n) is 3.53. The fraction of sp³-hybridized carbons (Fsp3) is 0.438. The van der Waals surface area contributed by atoms with Gasteiger partial charge >= 0.3 is 0 Å².